The molecule has 5 heterocycles. The van der Waals surface area contributed by atoms with Crippen molar-refractivity contribution in [3.8, 4) is 0 Å². The fourth-order valence-corrected chi connectivity index (χ4v) is 5.31. The molecule has 2 N–H and O–H groups in total. The van der Waals surface area contributed by atoms with Gasteiger partial charge < -0.3 is 20.3 Å². The standard InChI is InChI=1S/C14H17N3O2S.C7H13N/c1-2-19-10-5-6-17(8-10)9-3-4-11-12(7-9)20-16-13(11)14(15)18;1-4-8-5-2-7(1)3-6-8/h3-4,7,10H,2,5-6,8H2,1H3,(H2,15,18);7H,1-6H2. The van der Waals surface area contributed by atoms with Gasteiger partial charge in [-0.1, -0.05) is 0 Å². The predicted octanol–water partition coefficient (Wildman–Crippen LogP) is 3.11. The Hall–Kier alpha value is -1.70. The second kappa shape index (κ2) is 8.76. The van der Waals surface area contributed by atoms with Crippen LogP contribution in [0, 0.1) is 5.92 Å². The first-order valence-electron chi connectivity index (χ1n) is 10.4. The summed E-state index contributed by atoms with van der Waals surface area (Å²) in [7, 11) is 0. The van der Waals surface area contributed by atoms with Crippen LogP contribution in [-0.2, 0) is 4.74 Å². The Bertz CT molecular complexity index is 793. The van der Waals surface area contributed by atoms with Gasteiger partial charge in [-0.2, -0.15) is 4.37 Å². The van der Waals surface area contributed by atoms with Crippen molar-refractivity contribution in [3.05, 3.63) is 23.9 Å². The second-order valence-electron chi connectivity index (χ2n) is 7.96. The number of hydrogen-bond donors (Lipinski definition) is 1. The highest BCUT2D eigenvalue weighted by Crippen LogP contribution is 2.30. The Kier molecular flexibility index (Phi) is 6.13. The largest absolute Gasteiger partial charge is 0.377 e. The van der Waals surface area contributed by atoms with Crippen molar-refractivity contribution in [2.24, 2.45) is 11.7 Å². The van der Waals surface area contributed by atoms with Crippen molar-refractivity contribution in [2.45, 2.75) is 38.7 Å². The SMILES string of the molecule is C1CN2CCC1CC2.CCOC1CCN(c2ccc3c(C(N)=O)nsc3c2)C1. The molecule has 1 aromatic carbocycles. The summed E-state index contributed by atoms with van der Waals surface area (Å²) in [5.74, 6) is 0.640. The van der Waals surface area contributed by atoms with Crippen LogP contribution >= 0.6 is 11.5 Å². The molecule has 1 atom stereocenters. The lowest BCUT2D eigenvalue weighted by Gasteiger charge is -2.38. The highest BCUT2D eigenvalue weighted by molar-refractivity contribution is 7.13. The van der Waals surface area contributed by atoms with E-state index in [2.05, 4.69) is 20.2 Å². The summed E-state index contributed by atoms with van der Waals surface area (Å²) >= 11 is 1.32. The molecule has 0 aliphatic carbocycles. The van der Waals surface area contributed by atoms with Crippen molar-refractivity contribution in [2.75, 3.05) is 44.2 Å². The first-order chi connectivity index (χ1) is 13.6. The molecule has 0 saturated carbocycles. The van der Waals surface area contributed by atoms with E-state index >= 15 is 0 Å². The lowest BCUT2D eigenvalue weighted by Crippen LogP contribution is -2.41. The van der Waals surface area contributed by atoms with Gasteiger partial charge in [0, 0.05) is 30.8 Å². The number of rotatable bonds is 4. The summed E-state index contributed by atoms with van der Waals surface area (Å²) < 4.78 is 10.8. The van der Waals surface area contributed by atoms with Gasteiger partial charge in [0.05, 0.1) is 10.8 Å². The zero-order valence-corrected chi connectivity index (χ0v) is 17.4. The smallest absolute Gasteiger partial charge is 0.269 e. The molecular weight excluding hydrogens is 372 g/mol. The molecule has 28 heavy (non-hydrogen) atoms. The van der Waals surface area contributed by atoms with E-state index in [1.165, 1.54) is 50.4 Å². The van der Waals surface area contributed by atoms with Crippen molar-refractivity contribution in [1.82, 2.24) is 9.27 Å². The summed E-state index contributed by atoms with van der Waals surface area (Å²) in [6.07, 6.45) is 5.83. The number of anilines is 1. The summed E-state index contributed by atoms with van der Waals surface area (Å²) in [4.78, 5) is 16.2. The Labute approximate surface area is 170 Å². The maximum Gasteiger partial charge on any atom is 0.269 e. The molecule has 4 aliphatic heterocycles. The monoisotopic (exact) mass is 402 g/mol. The van der Waals surface area contributed by atoms with Crippen LogP contribution in [0.3, 0.4) is 0 Å². The number of nitrogens with zero attached hydrogens (tertiary/aromatic N) is 3. The maximum atomic E-state index is 11.3. The van der Waals surface area contributed by atoms with Gasteiger partial charge in [0.1, 0.15) is 5.69 Å². The molecular formula is C21H30N4O2S. The number of piperidine rings is 3. The maximum absolute atomic E-state index is 11.3. The number of carbonyl (C=O) groups excluding carboxylic acids is 1. The second-order valence-corrected chi connectivity index (χ2v) is 8.77. The normalized spacial score (nSPS) is 26.3. The number of aromatic nitrogens is 1. The predicted molar refractivity (Wildman–Crippen MR) is 114 cm³/mol. The van der Waals surface area contributed by atoms with Crippen molar-refractivity contribution in [1.29, 1.82) is 0 Å². The number of benzene rings is 1. The van der Waals surface area contributed by atoms with Crippen molar-refractivity contribution < 1.29 is 9.53 Å². The molecule has 1 unspecified atom stereocenters. The molecule has 1 amide bonds. The third kappa shape index (κ3) is 4.31. The van der Waals surface area contributed by atoms with E-state index in [0.29, 0.717) is 11.8 Å². The molecule has 152 valence electrons. The topological polar surface area (TPSA) is 71.7 Å². The van der Waals surface area contributed by atoms with Gasteiger partial charge in [-0.15, -0.1) is 0 Å². The highest BCUT2D eigenvalue weighted by atomic mass is 32.1. The number of hydrogen-bond acceptors (Lipinski definition) is 6. The Morgan fingerprint density at radius 2 is 1.96 bits per heavy atom. The van der Waals surface area contributed by atoms with Crippen molar-refractivity contribution in [3.63, 3.8) is 0 Å². The zero-order chi connectivity index (χ0) is 19.5. The van der Waals surface area contributed by atoms with Crippen LogP contribution in [0.15, 0.2) is 18.2 Å². The van der Waals surface area contributed by atoms with Gasteiger partial charge in [0.25, 0.3) is 5.91 Å². The fraction of sp³-hybridized carbons (Fsp3) is 0.619. The van der Waals surface area contributed by atoms with Crippen LogP contribution in [0.25, 0.3) is 10.1 Å². The molecule has 1 aromatic heterocycles. The lowest BCUT2D eigenvalue weighted by atomic mass is 9.89. The minimum Gasteiger partial charge on any atom is -0.377 e. The highest BCUT2D eigenvalue weighted by Gasteiger charge is 2.25. The first kappa shape index (κ1) is 19.6. The fourth-order valence-electron chi connectivity index (χ4n) is 4.50. The molecule has 4 saturated heterocycles. The number of ether oxygens (including phenoxy) is 1. The van der Waals surface area contributed by atoms with Gasteiger partial charge >= 0.3 is 0 Å². The Morgan fingerprint density at radius 1 is 1.21 bits per heavy atom. The van der Waals surface area contributed by atoms with E-state index in [4.69, 9.17) is 10.5 Å². The van der Waals surface area contributed by atoms with Crippen LogP contribution in [0.4, 0.5) is 5.69 Å². The lowest BCUT2D eigenvalue weighted by molar-refractivity contribution is 0.0787. The van der Waals surface area contributed by atoms with Gasteiger partial charge in [-0.05, 0) is 87.9 Å². The van der Waals surface area contributed by atoms with Gasteiger partial charge in [-0.25, -0.2) is 0 Å². The molecule has 6 rings (SSSR count). The average molecular weight is 403 g/mol. The molecule has 2 aromatic rings. The van der Waals surface area contributed by atoms with E-state index in [1.807, 2.05) is 19.1 Å². The summed E-state index contributed by atoms with van der Waals surface area (Å²) in [6.45, 7) is 8.88. The van der Waals surface area contributed by atoms with E-state index in [1.54, 1.807) is 0 Å². The number of nitrogens with two attached hydrogens (primary N) is 1. The quantitative estimate of drug-likeness (QED) is 0.851. The van der Waals surface area contributed by atoms with E-state index < -0.39 is 5.91 Å². The van der Waals surface area contributed by atoms with E-state index in [-0.39, 0.29) is 0 Å². The van der Waals surface area contributed by atoms with Crippen LogP contribution in [0.1, 0.15) is 43.1 Å². The van der Waals surface area contributed by atoms with E-state index in [9.17, 15) is 4.79 Å². The van der Waals surface area contributed by atoms with Gasteiger partial charge in [-0.3, -0.25) is 4.79 Å². The van der Waals surface area contributed by atoms with E-state index in [0.717, 1.165) is 47.8 Å². The summed E-state index contributed by atoms with van der Waals surface area (Å²) in [5.41, 5.74) is 6.83. The Balaban J connectivity index is 0.000000198. The molecule has 0 radical (unpaired) electrons. The third-order valence-electron chi connectivity index (χ3n) is 6.16. The molecule has 6 nitrogen and oxygen atoms in total. The molecule has 4 aliphatic rings. The van der Waals surface area contributed by atoms with Crippen molar-refractivity contribution >= 4 is 33.2 Å². The zero-order valence-electron chi connectivity index (χ0n) is 16.6. The minimum absolute atomic E-state index is 0.318. The molecule has 2 bridgehead atoms. The van der Waals surface area contributed by atoms with Crippen LogP contribution in [0.2, 0.25) is 0 Å². The molecule has 7 heteroatoms. The molecule has 0 spiro atoms. The number of amides is 1. The minimum atomic E-state index is -0.471. The average Bonchev–Trinajstić information content (AvgIpc) is 3.37. The first-order valence-corrected chi connectivity index (χ1v) is 11.2. The Morgan fingerprint density at radius 3 is 2.54 bits per heavy atom. The summed E-state index contributed by atoms with van der Waals surface area (Å²) in [5, 5.41) is 0.840. The number of carbonyl (C=O) groups is 1. The van der Waals surface area contributed by atoms with Crippen LogP contribution < -0.4 is 10.6 Å². The van der Waals surface area contributed by atoms with Crippen LogP contribution in [-0.4, -0.2) is 60.6 Å². The number of primary amides is 1. The summed E-state index contributed by atoms with van der Waals surface area (Å²) in [6, 6.07) is 6.04. The van der Waals surface area contributed by atoms with Gasteiger partial charge in [0.2, 0.25) is 0 Å². The molecule has 4 fully saturated rings. The van der Waals surface area contributed by atoms with Crippen LogP contribution in [0.5, 0.6) is 0 Å². The number of fused-ring (bicyclic) bond motifs is 4. The van der Waals surface area contributed by atoms with Gasteiger partial charge in [0.15, 0.2) is 0 Å². The third-order valence-corrected chi connectivity index (χ3v) is 6.97.